The smallest absolute Gasteiger partial charge is 0.152 e. The lowest BCUT2D eigenvalue weighted by molar-refractivity contribution is 0.565. The molecule has 0 aliphatic carbocycles. The Bertz CT molecular complexity index is 439. The molecular formula is C10H9FN2O. The fourth-order valence-corrected chi connectivity index (χ4v) is 1.20. The van der Waals surface area contributed by atoms with Crippen LogP contribution in [0.4, 0.5) is 4.39 Å². The fourth-order valence-electron chi connectivity index (χ4n) is 1.20. The highest BCUT2D eigenvalue weighted by atomic mass is 19.1. The second kappa shape index (κ2) is 3.59. The van der Waals surface area contributed by atoms with Crippen LogP contribution in [0.3, 0.4) is 0 Å². The minimum absolute atomic E-state index is 0.385. The average Bonchev–Trinajstić information content (AvgIpc) is 2.67. The van der Waals surface area contributed by atoms with Crippen LogP contribution in [0.15, 0.2) is 35.2 Å². The van der Waals surface area contributed by atoms with Crippen molar-refractivity contribution in [3.63, 3.8) is 0 Å². The Balaban J connectivity index is 2.44. The molecule has 0 saturated carbocycles. The van der Waals surface area contributed by atoms with E-state index in [2.05, 4.69) is 4.98 Å². The molecule has 2 N–H and O–H groups in total. The Morgan fingerprint density at radius 2 is 2.36 bits per heavy atom. The maximum atomic E-state index is 13.2. The highest BCUT2D eigenvalue weighted by Gasteiger charge is 2.08. The lowest BCUT2D eigenvalue weighted by Crippen LogP contribution is -1.92. The van der Waals surface area contributed by atoms with Gasteiger partial charge in [-0.1, -0.05) is 0 Å². The third-order valence-electron chi connectivity index (χ3n) is 1.93. The topological polar surface area (TPSA) is 52.0 Å². The highest BCUT2D eigenvalue weighted by molar-refractivity contribution is 5.58. The first-order valence-corrected chi connectivity index (χ1v) is 4.18. The van der Waals surface area contributed by atoms with Gasteiger partial charge in [0.15, 0.2) is 5.82 Å². The van der Waals surface area contributed by atoms with Crippen molar-refractivity contribution in [3.8, 4) is 11.3 Å². The molecule has 3 nitrogen and oxygen atoms in total. The van der Waals surface area contributed by atoms with Gasteiger partial charge in [-0.2, -0.15) is 0 Å². The summed E-state index contributed by atoms with van der Waals surface area (Å²) in [6.45, 7) is 0.385. The molecule has 72 valence electrons. The molecule has 14 heavy (non-hydrogen) atoms. The van der Waals surface area contributed by atoms with Crippen LogP contribution in [-0.2, 0) is 6.54 Å². The van der Waals surface area contributed by atoms with Crippen LogP contribution in [0, 0.1) is 5.82 Å². The Morgan fingerprint density at radius 3 is 3.00 bits per heavy atom. The molecule has 0 aromatic carbocycles. The van der Waals surface area contributed by atoms with Gasteiger partial charge in [-0.25, -0.2) is 4.39 Å². The van der Waals surface area contributed by atoms with Crippen molar-refractivity contribution in [1.29, 1.82) is 0 Å². The third-order valence-corrected chi connectivity index (χ3v) is 1.93. The number of hydrogen-bond donors (Lipinski definition) is 1. The largest absolute Gasteiger partial charge is 0.464 e. The van der Waals surface area contributed by atoms with Crippen molar-refractivity contribution in [3.05, 3.63) is 42.2 Å². The Labute approximate surface area is 80.4 Å². The number of nitrogens with two attached hydrogens (primary N) is 1. The molecule has 0 aliphatic heterocycles. The number of furan rings is 1. The van der Waals surface area contributed by atoms with Crippen molar-refractivity contribution in [2.45, 2.75) is 6.54 Å². The summed E-state index contributed by atoms with van der Waals surface area (Å²) in [5.74, 6) is 0.0794. The number of pyridine rings is 1. The maximum absolute atomic E-state index is 13.2. The minimum atomic E-state index is -0.398. The zero-order valence-electron chi connectivity index (χ0n) is 7.40. The highest BCUT2D eigenvalue weighted by Crippen LogP contribution is 2.23. The van der Waals surface area contributed by atoms with Crippen molar-refractivity contribution in [2.75, 3.05) is 0 Å². The van der Waals surface area contributed by atoms with Gasteiger partial charge in [0, 0.05) is 18.3 Å². The SMILES string of the molecule is NCc1coc(-c2ccncc2F)c1. The zero-order chi connectivity index (χ0) is 9.97. The summed E-state index contributed by atoms with van der Waals surface area (Å²) in [5.41, 5.74) is 6.66. The summed E-state index contributed by atoms with van der Waals surface area (Å²) in [6, 6.07) is 3.28. The van der Waals surface area contributed by atoms with Gasteiger partial charge in [-0.3, -0.25) is 4.98 Å². The number of hydrogen-bond acceptors (Lipinski definition) is 3. The molecule has 0 saturated heterocycles. The van der Waals surface area contributed by atoms with Gasteiger partial charge in [0.1, 0.15) is 5.76 Å². The Hall–Kier alpha value is -1.68. The van der Waals surface area contributed by atoms with Crippen LogP contribution in [0.5, 0.6) is 0 Å². The predicted octanol–water partition coefficient (Wildman–Crippen LogP) is 1.94. The molecule has 4 heteroatoms. The van der Waals surface area contributed by atoms with Crippen molar-refractivity contribution < 1.29 is 8.81 Å². The third kappa shape index (κ3) is 1.52. The first kappa shape index (κ1) is 8.90. The normalized spacial score (nSPS) is 10.4. The van der Waals surface area contributed by atoms with Crippen LogP contribution < -0.4 is 5.73 Å². The van der Waals surface area contributed by atoms with Crippen LogP contribution in [0.25, 0.3) is 11.3 Å². The molecule has 2 aromatic heterocycles. The van der Waals surface area contributed by atoms with E-state index >= 15 is 0 Å². The van der Waals surface area contributed by atoms with Gasteiger partial charge in [-0.15, -0.1) is 0 Å². The zero-order valence-corrected chi connectivity index (χ0v) is 7.40. The molecule has 0 bridgehead atoms. The summed E-state index contributed by atoms with van der Waals surface area (Å²) in [4.78, 5) is 3.66. The van der Waals surface area contributed by atoms with Gasteiger partial charge in [0.05, 0.1) is 18.0 Å². The fraction of sp³-hybridized carbons (Fsp3) is 0.100. The van der Waals surface area contributed by atoms with E-state index in [-0.39, 0.29) is 0 Å². The first-order chi connectivity index (χ1) is 6.81. The summed E-state index contributed by atoms with van der Waals surface area (Å²) in [6.07, 6.45) is 4.19. The van der Waals surface area contributed by atoms with E-state index in [0.29, 0.717) is 17.9 Å². The summed E-state index contributed by atoms with van der Waals surface area (Å²) in [7, 11) is 0. The van der Waals surface area contributed by atoms with Crippen LogP contribution in [0.1, 0.15) is 5.56 Å². The van der Waals surface area contributed by atoms with E-state index in [0.717, 1.165) is 11.8 Å². The molecule has 2 aromatic rings. The van der Waals surface area contributed by atoms with Gasteiger partial charge in [0.25, 0.3) is 0 Å². The van der Waals surface area contributed by atoms with Crippen molar-refractivity contribution >= 4 is 0 Å². The predicted molar refractivity (Wildman–Crippen MR) is 49.8 cm³/mol. The second-order valence-electron chi connectivity index (χ2n) is 2.88. The van der Waals surface area contributed by atoms with E-state index < -0.39 is 5.82 Å². The number of halogens is 1. The van der Waals surface area contributed by atoms with Gasteiger partial charge >= 0.3 is 0 Å². The molecule has 0 atom stereocenters. The van der Waals surface area contributed by atoms with Crippen LogP contribution >= 0.6 is 0 Å². The van der Waals surface area contributed by atoms with Crippen molar-refractivity contribution in [1.82, 2.24) is 4.98 Å². The molecule has 0 amide bonds. The molecule has 0 aliphatic rings. The van der Waals surface area contributed by atoms with E-state index in [9.17, 15) is 4.39 Å². The lowest BCUT2D eigenvalue weighted by Gasteiger charge is -1.96. The molecule has 0 radical (unpaired) electrons. The molecule has 0 unspecified atom stereocenters. The maximum Gasteiger partial charge on any atom is 0.152 e. The van der Waals surface area contributed by atoms with E-state index in [1.54, 1.807) is 12.1 Å². The van der Waals surface area contributed by atoms with Crippen molar-refractivity contribution in [2.24, 2.45) is 5.73 Å². The van der Waals surface area contributed by atoms with Gasteiger partial charge in [0.2, 0.25) is 0 Å². The van der Waals surface area contributed by atoms with E-state index in [1.165, 1.54) is 12.5 Å². The quantitative estimate of drug-likeness (QED) is 0.791. The first-order valence-electron chi connectivity index (χ1n) is 4.18. The number of nitrogens with zero attached hydrogens (tertiary/aromatic N) is 1. The second-order valence-corrected chi connectivity index (χ2v) is 2.88. The molecule has 0 fully saturated rings. The summed E-state index contributed by atoms with van der Waals surface area (Å²) < 4.78 is 18.4. The van der Waals surface area contributed by atoms with E-state index in [1.807, 2.05) is 0 Å². The average molecular weight is 192 g/mol. The molecule has 2 rings (SSSR count). The van der Waals surface area contributed by atoms with E-state index in [4.69, 9.17) is 10.2 Å². The molecule has 2 heterocycles. The monoisotopic (exact) mass is 192 g/mol. The number of rotatable bonds is 2. The Morgan fingerprint density at radius 1 is 1.50 bits per heavy atom. The van der Waals surface area contributed by atoms with Crippen LogP contribution in [0.2, 0.25) is 0 Å². The summed E-state index contributed by atoms with van der Waals surface area (Å²) in [5, 5.41) is 0. The number of aromatic nitrogens is 1. The lowest BCUT2D eigenvalue weighted by atomic mass is 10.2. The van der Waals surface area contributed by atoms with Gasteiger partial charge in [-0.05, 0) is 12.1 Å². The minimum Gasteiger partial charge on any atom is -0.464 e. The van der Waals surface area contributed by atoms with Crippen LogP contribution in [-0.4, -0.2) is 4.98 Å². The standard InChI is InChI=1S/C10H9FN2O/c11-9-5-13-2-1-8(9)10-3-7(4-12)6-14-10/h1-3,5-6H,4,12H2. The Kier molecular flexibility index (Phi) is 2.28. The molecular weight excluding hydrogens is 183 g/mol. The van der Waals surface area contributed by atoms with Gasteiger partial charge < -0.3 is 10.2 Å². The summed E-state index contributed by atoms with van der Waals surface area (Å²) >= 11 is 0. The molecule has 0 spiro atoms.